The molecule has 45 heavy (non-hydrogen) atoms. The van der Waals surface area contributed by atoms with Crippen molar-refractivity contribution in [3.05, 3.63) is 87.7 Å². The number of nitrogens with one attached hydrogen (secondary N) is 2. The van der Waals surface area contributed by atoms with E-state index in [1.54, 1.807) is 10.1 Å². The van der Waals surface area contributed by atoms with Crippen molar-refractivity contribution >= 4 is 44.9 Å². The molecule has 0 saturated carbocycles. The Labute approximate surface area is 268 Å². The molecule has 10 nitrogen and oxygen atoms in total. The Balaban J connectivity index is 1.21. The molecule has 1 saturated heterocycles. The Morgan fingerprint density at radius 1 is 1.02 bits per heavy atom. The average molecular weight is 650 g/mol. The third kappa shape index (κ3) is 7.46. The minimum Gasteiger partial charge on any atom is -0.465 e. The number of thiophene rings is 1. The summed E-state index contributed by atoms with van der Waals surface area (Å²) in [7, 11) is -2.55. The topological polar surface area (TPSA) is 123 Å². The zero-order valence-corrected chi connectivity index (χ0v) is 27.8. The van der Waals surface area contributed by atoms with Crippen LogP contribution in [0.1, 0.15) is 60.1 Å². The van der Waals surface area contributed by atoms with Crippen LogP contribution in [-0.2, 0) is 26.6 Å². The van der Waals surface area contributed by atoms with E-state index in [2.05, 4.69) is 31.4 Å². The second-order valence-corrected chi connectivity index (χ2v) is 15.2. The van der Waals surface area contributed by atoms with Crippen molar-refractivity contribution < 1.29 is 22.7 Å². The number of anilines is 2. The van der Waals surface area contributed by atoms with Gasteiger partial charge in [0.25, 0.3) is 0 Å². The summed E-state index contributed by atoms with van der Waals surface area (Å²) in [6, 6.07) is 18.7. The van der Waals surface area contributed by atoms with Gasteiger partial charge < -0.3 is 10.1 Å². The van der Waals surface area contributed by atoms with Gasteiger partial charge in [-0.3, -0.25) is 5.32 Å². The number of amides is 2. The van der Waals surface area contributed by atoms with Crippen molar-refractivity contribution in [2.24, 2.45) is 5.92 Å². The summed E-state index contributed by atoms with van der Waals surface area (Å²) in [6.07, 6.45) is 2.13. The lowest BCUT2D eigenvalue weighted by molar-refractivity contribution is 0.0602. The van der Waals surface area contributed by atoms with Crippen LogP contribution < -0.4 is 10.6 Å². The smallest absolute Gasteiger partial charge is 0.349 e. The molecule has 5 rings (SSSR count). The number of piperidine rings is 1. The molecule has 4 aromatic rings. The molecule has 0 spiro atoms. The van der Waals surface area contributed by atoms with Gasteiger partial charge >= 0.3 is 12.0 Å². The number of rotatable bonds is 8. The number of hydrogen-bond acceptors (Lipinski definition) is 7. The summed E-state index contributed by atoms with van der Waals surface area (Å²) < 4.78 is 34.5. The van der Waals surface area contributed by atoms with Crippen molar-refractivity contribution in [1.29, 1.82) is 0 Å². The SMILES string of the molecule is COC(=O)c1sccc1S(=O)(=O)N1CCC(Cc2cccc(NC(=O)Nc3cc(C(C)(C)C)nn3-c3ccc(C)cc3)c2)CC1. The van der Waals surface area contributed by atoms with Gasteiger partial charge in [0.15, 0.2) is 0 Å². The number of carbonyl (C=O) groups is 2. The average Bonchev–Trinajstić information content (AvgIpc) is 3.66. The number of sulfonamides is 1. The van der Waals surface area contributed by atoms with Gasteiger partial charge in [-0.15, -0.1) is 11.3 Å². The molecule has 0 unspecified atom stereocenters. The molecule has 1 fully saturated rings. The summed E-state index contributed by atoms with van der Waals surface area (Å²) in [4.78, 5) is 25.3. The molecule has 0 radical (unpaired) electrons. The highest BCUT2D eigenvalue weighted by Gasteiger charge is 2.33. The first-order chi connectivity index (χ1) is 21.3. The van der Waals surface area contributed by atoms with Crippen LogP contribution in [0.25, 0.3) is 5.69 Å². The number of urea groups is 1. The Hall–Kier alpha value is -4.00. The van der Waals surface area contributed by atoms with E-state index in [9.17, 15) is 18.0 Å². The lowest BCUT2D eigenvalue weighted by atomic mass is 9.91. The second kappa shape index (κ2) is 13.2. The number of methoxy groups -OCH3 is 1. The number of nitrogens with zero attached hydrogens (tertiary/aromatic N) is 3. The molecule has 2 aromatic heterocycles. The predicted molar refractivity (Wildman–Crippen MR) is 177 cm³/mol. The number of benzene rings is 2. The van der Waals surface area contributed by atoms with Crippen molar-refractivity contribution in [3.8, 4) is 5.69 Å². The molecule has 238 valence electrons. The van der Waals surface area contributed by atoms with E-state index < -0.39 is 16.0 Å². The van der Waals surface area contributed by atoms with Crippen LogP contribution in [0.3, 0.4) is 0 Å². The van der Waals surface area contributed by atoms with Gasteiger partial charge in [-0.25, -0.2) is 22.7 Å². The fourth-order valence-corrected chi connectivity index (χ4v) is 8.12. The minimum atomic E-state index is -3.79. The molecule has 1 aliphatic heterocycles. The maximum atomic E-state index is 13.3. The highest BCUT2D eigenvalue weighted by atomic mass is 32.2. The van der Waals surface area contributed by atoms with E-state index in [0.29, 0.717) is 37.4 Å². The first kappa shape index (κ1) is 32.4. The van der Waals surface area contributed by atoms with Crippen molar-refractivity contribution in [2.45, 2.75) is 57.3 Å². The monoisotopic (exact) mass is 649 g/mol. The zero-order chi connectivity index (χ0) is 32.4. The maximum Gasteiger partial charge on any atom is 0.349 e. The highest BCUT2D eigenvalue weighted by molar-refractivity contribution is 7.89. The number of aromatic nitrogens is 2. The highest BCUT2D eigenvalue weighted by Crippen LogP contribution is 2.31. The summed E-state index contributed by atoms with van der Waals surface area (Å²) in [5, 5.41) is 12.3. The Morgan fingerprint density at radius 2 is 1.73 bits per heavy atom. The van der Waals surface area contributed by atoms with E-state index in [-0.39, 0.29) is 27.1 Å². The molecule has 0 aliphatic carbocycles. The molecule has 2 N–H and O–H groups in total. The lowest BCUT2D eigenvalue weighted by Crippen LogP contribution is -2.39. The van der Waals surface area contributed by atoms with Crippen molar-refractivity contribution in [2.75, 3.05) is 30.8 Å². The van der Waals surface area contributed by atoms with Crippen LogP contribution in [0, 0.1) is 12.8 Å². The van der Waals surface area contributed by atoms with Crippen LogP contribution in [0.4, 0.5) is 16.3 Å². The number of carbonyl (C=O) groups excluding carboxylic acids is 2. The largest absolute Gasteiger partial charge is 0.465 e. The van der Waals surface area contributed by atoms with Gasteiger partial charge in [0.05, 0.1) is 18.5 Å². The lowest BCUT2D eigenvalue weighted by Gasteiger charge is -2.31. The number of ether oxygens (including phenoxy) is 1. The van der Waals surface area contributed by atoms with Gasteiger partial charge in [-0.2, -0.15) is 9.40 Å². The summed E-state index contributed by atoms with van der Waals surface area (Å²) in [6.45, 7) is 9.01. The number of esters is 1. The molecular formula is C33H39N5O5S2. The zero-order valence-electron chi connectivity index (χ0n) is 26.2. The summed E-state index contributed by atoms with van der Waals surface area (Å²) in [5.41, 5.74) is 4.37. The first-order valence-electron chi connectivity index (χ1n) is 14.9. The van der Waals surface area contributed by atoms with Crippen LogP contribution in [0.5, 0.6) is 0 Å². The molecule has 1 aliphatic rings. The Morgan fingerprint density at radius 3 is 2.40 bits per heavy atom. The van der Waals surface area contributed by atoms with E-state index >= 15 is 0 Å². The number of aryl methyl sites for hydroxylation is 1. The van der Waals surface area contributed by atoms with Gasteiger partial charge in [0.1, 0.15) is 15.6 Å². The molecule has 0 atom stereocenters. The molecule has 3 heterocycles. The van der Waals surface area contributed by atoms with E-state index in [0.717, 1.165) is 40.3 Å². The summed E-state index contributed by atoms with van der Waals surface area (Å²) >= 11 is 1.06. The normalized spacial score (nSPS) is 14.7. The standard InChI is InChI=1S/C33H39N5O5S2/c1-22-9-11-26(12-10-22)38-29(21-28(36-38)33(2,3)4)35-32(40)34-25-8-6-7-24(20-25)19-23-13-16-37(17-14-23)45(41,42)27-15-18-44-30(27)31(39)43-5/h6-12,15,18,20-21,23H,13-14,16-17,19H2,1-5H3,(H2,34,35,40). The number of hydrogen-bond donors (Lipinski definition) is 2. The molecule has 2 aromatic carbocycles. The predicted octanol–water partition coefficient (Wildman–Crippen LogP) is 6.61. The quantitative estimate of drug-likeness (QED) is 0.207. The first-order valence-corrected chi connectivity index (χ1v) is 17.2. The van der Waals surface area contributed by atoms with Crippen LogP contribution in [-0.4, -0.2) is 54.7 Å². The van der Waals surface area contributed by atoms with Gasteiger partial charge in [0.2, 0.25) is 10.0 Å². The van der Waals surface area contributed by atoms with Crippen molar-refractivity contribution in [1.82, 2.24) is 14.1 Å². The third-order valence-electron chi connectivity index (χ3n) is 7.90. The summed E-state index contributed by atoms with van der Waals surface area (Å²) in [5.74, 6) is 0.204. The fraction of sp³-hybridized carbons (Fsp3) is 0.364. The van der Waals surface area contributed by atoms with Crippen molar-refractivity contribution in [3.63, 3.8) is 0 Å². The molecular weight excluding hydrogens is 611 g/mol. The fourth-order valence-electron chi connectivity index (χ4n) is 5.34. The van der Waals surface area contributed by atoms with E-state index in [1.165, 1.54) is 17.5 Å². The van der Waals surface area contributed by atoms with Crippen LogP contribution in [0.15, 0.2) is 70.9 Å². The minimum absolute atomic E-state index is 0.00592. The second-order valence-electron chi connectivity index (χ2n) is 12.3. The maximum absolute atomic E-state index is 13.3. The van der Waals surface area contributed by atoms with Crippen LogP contribution in [0.2, 0.25) is 0 Å². The van der Waals surface area contributed by atoms with E-state index in [4.69, 9.17) is 9.84 Å². The van der Waals surface area contributed by atoms with E-state index in [1.807, 2.05) is 61.5 Å². The molecule has 12 heteroatoms. The van der Waals surface area contributed by atoms with Gasteiger partial charge in [-0.05, 0) is 73.4 Å². The van der Waals surface area contributed by atoms with Gasteiger partial charge in [0, 0.05) is 30.3 Å². The Kier molecular flexibility index (Phi) is 9.47. The van der Waals surface area contributed by atoms with Gasteiger partial charge in [-0.1, -0.05) is 50.6 Å². The van der Waals surface area contributed by atoms with Crippen LogP contribution >= 0.6 is 11.3 Å². The molecule has 0 bridgehead atoms. The third-order valence-corrected chi connectivity index (χ3v) is 10.9. The molecule has 2 amide bonds. The Bertz CT molecular complexity index is 1780.